The van der Waals surface area contributed by atoms with Crippen LogP contribution >= 0.6 is 35.6 Å². The van der Waals surface area contributed by atoms with E-state index in [-0.39, 0.29) is 24.9 Å². The number of carbonyl (C=O) groups is 1. The Kier molecular flexibility index (Phi) is 8.90. The molecule has 1 fully saturated rings. The second-order valence-electron chi connectivity index (χ2n) is 4.67. The van der Waals surface area contributed by atoms with E-state index in [9.17, 15) is 4.79 Å². The first-order valence-electron chi connectivity index (χ1n) is 6.80. The van der Waals surface area contributed by atoms with Gasteiger partial charge in [-0.2, -0.15) is 0 Å². The minimum atomic E-state index is -0.172. The summed E-state index contributed by atoms with van der Waals surface area (Å²) in [5.74, 6) is 0.277. The van der Waals surface area contributed by atoms with Crippen LogP contribution in [-0.4, -0.2) is 56.8 Å². The van der Waals surface area contributed by atoms with Gasteiger partial charge in [-0.1, -0.05) is 23.2 Å². The van der Waals surface area contributed by atoms with Crippen molar-refractivity contribution in [3.63, 3.8) is 0 Å². The van der Waals surface area contributed by atoms with E-state index in [0.717, 1.165) is 32.8 Å². The molecule has 0 atom stereocenters. The summed E-state index contributed by atoms with van der Waals surface area (Å²) in [6.45, 7) is 4.68. The van der Waals surface area contributed by atoms with Crippen molar-refractivity contribution < 1.29 is 14.3 Å². The van der Waals surface area contributed by atoms with Crippen molar-refractivity contribution in [2.75, 3.05) is 46.0 Å². The van der Waals surface area contributed by atoms with Crippen LogP contribution in [0.3, 0.4) is 0 Å². The van der Waals surface area contributed by atoms with Gasteiger partial charge in [0.15, 0.2) is 6.61 Å². The lowest BCUT2D eigenvalue weighted by Gasteiger charge is -2.26. The van der Waals surface area contributed by atoms with Crippen LogP contribution < -0.4 is 10.1 Å². The van der Waals surface area contributed by atoms with Gasteiger partial charge in [0.05, 0.1) is 18.2 Å². The first-order chi connectivity index (χ1) is 10.1. The number of benzene rings is 1. The molecule has 0 unspecified atom stereocenters. The number of nitrogens with zero attached hydrogens (tertiary/aromatic N) is 1. The maximum atomic E-state index is 11.7. The lowest BCUT2D eigenvalue weighted by atomic mass is 10.3. The molecular weight excluding hydrogens is 351 g/mol. The highest BCUT2D eigenvalue weighted by molar-refractivity contribution is 6.35. The highest BCUT2D eigenvalue weighted by atomic mass is 35.5. The Labute approximate surface area is 146 Å². The SMILES string of the molecule is Cl.O=C(COc1ccc(Cl)cc1Cl)NCCN1CCOCC1. The third-order valence-electron chi connectivity index (χ3n) is 3.11. The molecule has 1 aromatic rings. The standard InChI is InChI=1S/C14H18Cl2N2O3.ClH/c15-11-1-2-13(12(16)9-11)21-10-14(19)17-3-4-18-5-7-20-8-6-18;/h1-2,9H,3-8,10H2,(H,17,19);1H. The van der Waals surface area contributed by atoms with Gasteiger partial charge < -0.3 is 14.8 Å². The fraction of sp³-hybridized carbons (Fsp3) is 0.500. The third kappa shape index (κ3) is 6.58. The van der Waals surface area contributed by atoms with Gasteiger partial charge in [0.2, 0.25) is 0 Å². The van der Waals surface area contributed by atoms with Gasteiger partial charge in [0.25, 0.3) is 5.91 Å². The fourth-order valence-corrected chi connectivity index (χ4v) is 2.43. The summed E-state index contributed by atoms with van der Waals surface area (Å²) in [6, 6.07) is 4.89. The van der Waals surface area contributed by atoms with Crippen molar-refractivity contribution in [3.05, 3.63) is 28.2 Å². The number of hydrogen-bond donors (Lipinski definition) is 1. The third-order valence-corrected chi connectivity index (χ3v) is 3.64. The average Bonchev–Trinajstić information content (AvgIpc) is 2.47. The molecule has 1 aliphatic heterocycles. The van der Waals surface area contributed by atoms with Crippen LogP contribution in [0.15, 0.2) is 18.2 Å². The van der Waals surface area contributed by atoms with Crippen LogP contribution in [0.5, 0.6) is 5.75 Å². The average molecular weight is 370 g/mol. The van der Waals surface area contributed by atoms with Gasteiger partial charge in [-0.15, -0.1) is 12.4 Å². The quantitative estimate of drug-likeness (QED) is 0.835. The zero-order valence-corrected chi connectivity index (χ0v) is 14.3. The zero-order chi connectivity index (χ0) is 15.1. The van der Waals surface area contributed by atoms with Crippen molar-refractivity contribution in [2.24, 2.45) is 0 Å². The second kappa shape index (κ2) is 10.1. The number of nitrogens with one attached hydrogen (secondary N) is 1. The molecule has 1 amide bonds. The van der Waals surface area contributed by atoms with E-state index in [1.165, 1.54) is 0 Å². The maximum absolute atomic E-state index is 11.7. The molecule has 0 aromatic heterocycles. The smallest absolute Gasteiger partial charge is 0.257 e. The van der Waals surface area contributed by atoms with Gasteiger partial charge in [-0.25, -0.2) is 0 Å². The summed E-state index contributed by atoms with van der Waals surface area (Å²) in [4.78, 5) is 13.9. The number of rotatable bonds is 6. The molecule has 0 aliphatic carbocycles. The van der Waals surface area contributed by atoms with E-state index in [0.29, 0.717) is 22.3 Å². The minimum Gasteiger partial charge on any atom is -0.482 e. The molecule has 0 spiro atoms. The number of amides is 1. The number of carbonyl (C=O) groups excluding carboxylic acids is 1. The van der Waals surface area contributed by atoms with E-state index in [4.69, 9.17) is 32.7 Å². The summed E-state index contributed by atoms with van der Waals surface area (Å²) in [7, 11) is 0. The zero-order valence-electron chi connectivity index (χ0n) is 12.0. The molecule has 22 heavy (non-hydrogen) atoms. The fourth-order valence-electron chi connectivity index (χ4n) is 1.96. The van der Waals surface area contributed by atoms with E-state index >= 15 is 0 Å². The topological polar surface area (TPSA) is 50.8 Å². The van der Waals surface area contributed by atoms with Crippen molar-refractivity contribution in [3.8, 4) is 5.75 Å². The summed E-state index contributed by atoms with van der Waals surface area (Å²) < 4.78 is 10.6. The monoisotopic (exact) mass is 368 g/mol. The summed E-state index contributed by atoms with van der Waals surface area (Å²) in [5.41, 5.74) is 0. The molecule has 1 N–H and O–H groups in total. The Morgan fingerprint density at radius 3 is 2.73 bits per heavy atom. The van der Waals surface area contributed by atoms with E-state index in [1.54, 1.807) is 18.2 Å². The number of hydrogen-bond acceptors (Lipinski definition) is 4. The van der Waals surface area contributed by atoms with E-state index in [1.807, 2.05) is 0 Å². The molecule has 0 bridgehead atoms. The molecule has 1 aromatic carbocycles. The number of halogens is 3. The van der Waals surface area contributed by atoms with Gasteiger partial charge in [0, 0.05) is 31.2 Å². The molecule has 124 valence electrons. The Balaban J connectivity index is 0.00000242. The van der Waals surface area contributed by atoms with Crippen molar-refractivity contribution in [2.45, 2.75) is 0 Å². The first kappa shape index (κ1) is 19.3. The van der Waals surface area contributed by atoms with Gasteiger partial charge in [0.1, 0.15) is 5.75 Å². The van der Waals surface area contributed by atoms with Crippen LogP contribution in [0.25, 0.3) is 0 Å². The second-order valence-corrected chi connectivity index (χ2v) is 5.51. The molecule has 8 heteroatoms. The number of morpholine rings is 1. The Morgan fingerprint density at radius 1 is 1.32 bits per heavy atom. The lowest BCUT2D eigenvalue weighted by Crippen LogP contribution is -2.42. The lowest BCUT2D eigenvalue weighted by molar-refractivity contribution is -0.123. The van der Waals surface area contributed by atoms with Gasteiger partial charge in [-0.05, 0) is 18.2 Å². The molecule has 1 aliphatic rings. The predicted octanol–water partition coefficient (Wildman–Crippen LogP) is 2.24. The van der Waals surface area contributed by atoms with Crippen LogP contribution in [0, 0.1) is 0 Å². The molecular formula is C14H19Cl3N2O3. The van der Waals surface area contributed by atoms with Crippen molar-refractivity contribution in [1.82, 2.24) is 10.2 Å². The van der Waals surface area contributed by atoms with Crippen LogP contribution in [0.1, 0.15) is 0 Å². The maximum Gasteiger partial charge on any atom is 0.257 e. The summed E-state index contributed by atoms with van der Waals surface area (Å²) in [6.07, 6.45) is 0. The molecule has 0 radical (unpaired) electrons. The summed E-state index contributed by atoms with van der Waals surface area (Å²) >= 11 is 11.7. The normalized spacial score (nSPS) is 15.0. The largest absolute Gasteiger partial charge is 0.482 e. The Bertz CT molecular complexity index is 482. The molecule has 5 nitrogen and oxygen atoms in total. The molecule has 2 rings (SSSR count). The molecule has 1 heterocycles. The highest BCUT2D eigenvalue weighted by Gasteiger charge is 2.10. The van der Waals surface area contributed by atoms with Crippen LogP contribution in [0.4, 0.5) is 0 Å². The van der Waals surface area contributed by atoms with Crippen molar-refractivity contribution in [1.29, 1.82) is 0 Å². The Hall–Kier alpha value is -0.720. The first-order valence-corrected chi connectivity index (χ1v) is 7.55. The minimum absolute atomic E-state index is 0. The molecule has 1 saturated heterocycles. The van der Waals surface area contributed by atoms with Crippen LogP contribution in [0.2, 0.25) is 10.0 Å². The van der Waals surface area contributed by atoms with Crippen molar-refractivity contribution >= 4 is 41.5 Å². The van der Waals surface area contributed by atoms with Gasteiger partial charge >= 0.3 is 0 Å². The van der Waals surface area contributed by atoms with Gasteiger partial charge in [-0.3, -0.25) is 9.69 Å². The summed E-state index contributed by atoms with van der Waals surface area (Å²) in [5, 5.41) is 3.74. The van der Waals surface area contributed by atoms with E-state index in [2.05, 4.69) is 10.2 Å². The van der Waals surface area contributed by atoms with Crippen LogP contribution in [-0.2, 0) is 9.53 Å². The Morgan fingerprint density at radius 2 is 2.05 bits per heavy atom. The highest BCUT2D eigenvalue weighted by Crippen LogP contribution is 2.27. The van der Waals surface area contributed by atoms with E-state index < -0.39 is 0 Å². The predicted molar refractivity (Wildman–Crippen MR) is 89.5 cm³/mol. The number of ether oxygens (including phenoxy) is 2. The molecule has 0 saturated carbocycles.